The molecule has 0 aliphatic heterocycles. The molecular weight excluding hydrogens is 1030 g/mol. The number of hydrogen-bond acceptors (Lipinski definition) is 0. The van der Waals surface area contributed by atoms with Gasteiger partial charge in [-0.15, -0.1) is 24.8 Å². The van der Waals surface area contributed by atoms with Crippen LogP contribution in [0.4, 0.5) is 0 Å². The van der Waals surface area contributed by atoms with Crippen molar-refractivity contribution >= 4 is 31.3 Å². The van der Waals surface area contributed by atoms with Gasteiger partial charge in [0.15, 0.2) is 0 Å². The molecule has 54 heavy (non-hydrogen) atoms. The molecule has 0 heterocycles. The molecule has 0 saturated carbocycles. The molecule has 4 aromatic carbocycles. The zero-order valence-corrected chi connectivity index (χ0v) is 40.6. The second kappa shape index (κ2) is 20.1. The molecule has 4 aromatic rings. The van der Waals surface area contributed by atoms with Crippen molar-refractivity contribution < 1.29 is 41.9 Å². The van der Waals surface area contributed by atoms with Gasteiger partial charge in [-0.2, -0.15) is 0 Å². The maximum absolute atomic E-state index is 2.44. The molecule has 0 nitrogen and oxygen atoms in total. The van der Waals surface area contributed by atoms with E-state index >= 15 is 0 Å². The van der Waals surface area contributed by atoms with Crippen LogP contribution in [0.1, 0.15) is 75.6 Å². The third kappa shape index (κ3) is 9.44. The Hall–Kier alpha value is -3.14. The molecule has 4 aliphatic carbocycles. The molecule has 272 valence electrons. The summed E-state index contributed by atoms with van der Waals surface area (Å²) in [5.41, 5.74) is 11.7. The van der Waals surface area contributed by atoms with Crippen LogP contribution in [0.15, 0.2) is 206 Å². The molecule has 4 aliphatic rings. The summed E-state index contributed by atoms with van der Waals surface area (Å²) in [7, 11) is 0. The van der Waals surface area contributed by atoms with E-state index in [-0.39, 0.29) is 24.8 Å². The van der Waals surface area contributed by atoms with E-state index in [0.29, 0.717) is 0 Å². The SMILES string of the molecule is CC1=[C]([Hf]([C]2=C(C)C=CC2)=[C](c2ccccc2)c2ccccc2)CC=C1.CC1=[C]([Hf]([C]2=C(C)C=CC2)=[C](c2ccccc2)c2ccccc2)CC=C1.Cl.Cl. The van der Waals surface area contributed by atoms with Crippen molar-refractivity contribution in [3.8, 4) is 0 Å². The monoisotopic (exact) mass is 1080 g/mol. The topological polar surface area (TPSA) is 0 Å². The minimum Gasteiger partial charge on any atom is -0.147 e. The molecule has 0 atom stereocenters. The summed E-state index contributed by atoms with van der Waals surface area (Å²) in [6, 6.07) is 44.4. The molecule has 4 heteroatoms. The number of halogens is 2. The van der Waals surface area contributed by atoms with E-state index in [1.54, 1.807) is 19.8 Å². The first-order valence-electron chi connectivity index (χ1n) is 18.7. The number of allylic oxidation sites excluding steroid dienone is 16. The van der Waals surface area contributed by atoms with E-state index in [1.165, 1.54) is 44.5 Å². The Kier molecular flexibility index (Phi) is 15.7. The van der Waals surface area contributed by atoms with Crippen LogP contribution in [0.5, 0.6) is 0 Å². The molecule has 0 amide bonds. The maximum Gasteiger partial charge on any atom is -0.147 e. The minimum atomic E-state index is -2.44. The van der Waals surface area contributed by atoms with Gasteiger partial charge < -0.3 is 0 Å². The summed E-state index contributed by atoms with van der Waals surface area (Å²) in [4.78, 5) is 0. The molecule has 0 spiro atoms. The van der Waals surface area contributed by atoms with Crippen molar-refractivity contribution in [2.24, 2.45) is 0 Å². The standard InChI is InChI=1S/2C13H10.4C6H7.2ClH.2Hf/c2*1-3-7-12(8-4-1)11-13-9-5-2-6-10-13;4*1-6-4-2-3-5-6;;;;/h2*1-10H;4*2,4H,3H2,1H3;2*1H;;. The van der Waals surface area contributed by atoms with Crippen molar-refractivity contribution in [1.82, 2.24) is 0 Å². The van der Waals surface area contributed by atoms with Crippen LogP contribution in [-0.4, -0.2) is 6.51 Å². The first-order chi connectivity index (χ1) is 25.5. The van der Waals surface area contributed by atoms with Gasteiger partial charge in [-0.1, -0.05) is 0 Å². The Morgan fingerprint density at radius 2 is 0.537 bits per heavy atom. The molecule has 0 saturated heterocycles. The number of rotatable bonds is 8. The fraction of sp³-hybridized carbons (Fsp3) is 0.160. The average molecular weight is 1080 g/mol. The summed E-state index contributed by atoms with van der Waals surface area (Å²) in [6.45, 7) is 9.26. The van der Waals surface area contributed by atoms with E-state index in [2.05, 4.69) is 198 Å². The van der Waals surface area contributed by atoms with Gasteiger partial charge in [-0.05, 0) is 0 Å². The Morgan fingerprint density at radius 3 is 0.704 bits per heavy atom. The quantitative estimate of drug-likeness (QED) is 0.154. The zero-order valence-electron chi connectivity index (χ0n) is 31.8. The molecule has 0 unspecified atom stereocenters. The molecule has 8 rings (SSSR count). The molecule has 0 N–H and O–H groups in total. The third-order valence-corrected chi connectivity index (χ3v) is 35.6. The predicted octanol–water partition coefficient (Wildman–Crippen LogP) is 13.5. The largest absolute Gasteiger partial charge is 0.147 e. The maximum atomic E-state index is 2.36. The van der Waals surface area contributed by atoms with Crippen molar-refractivity contribution in [1.29, 1.82) is 0 Å². The van der Waals surface area contributed by atoms with Crippen LogP contribution in [0, 0.1) is 0 Å². The average Bonchev–Trinajstić information content (AvgIpc) is 4.01. The molecule has 0 fully saturated rings. The second-order valence-corrected chi connectivity index (χ2v) is 31.7. The minimum absolute atomic E-state index is 0. The van der Waals surface area contributed by atoms with Crippen LogP contribution < -0.4 is 0 Å². The van der Waals surface area contributed by atoms with Crippen LogP contribution in [0.3, 0.4) is 0 Å². The van der Waals surface area contributed by atoms with Crippen molar-refractivity contribution in [3.63, 3.8) is 0 Å². The van der Waals surface area contributed by atoms with E-state index in [1.807, 2.05) is 0 Å². The van der Waals surface area contributed by atoms with Gasteiger partial charge in [0.05, 0.1) is 0 Å². The van der Waals surface area contributed by atoms with Gasteiger partial charge in [0.25, 0.3) is 0 Å². The normalized spacial score (nSPS) is 15.3. The summed E-state index contributed by atoms with van der Waals surface area (Å²) >= 11 is -4.87. The Balaban J connectivity index is 0.000000200. The second-order valence-electron chi connectivity index (χ2n) is 14.0. The van der Waals surface area contributed by atoms with Crippen molar-refractivity contribution in [2.45, 2.75) is 53.4 Å². The van der Waals surface area contributed by atoms with E-state index in [4.69, 9.17) is 0 Å². The summed E-state index contributed by atoms with van der Waals surface area (Å²) in [5.74, 6) is 0. The fourth-order valence-corrected chi connectivity index (χ4v) is 32.9. The van der Waals surface area contributed by atoms with E-state index < -0.39 is 41.9 Å². The first kappa shape index (κ1) is 42.0. The van der Waals surface area contributed by atoms with Crippen LogP contribution in [0.25, 0.3) is 0 Å². The van der Waals surface area contributed by atoms with Crippen molar-refractivity contribution in [3.05, 3.63) is 228 Å². The first-order valence-corrected chi connectivity index (χ1v) is 29.5. The van der Waals surface area contributed by atoms with Crippen LogP contribution >= 0.6 is 24.8 Å². The Bertz CT molecular complexity index is 1950. The van der Waals surface area contributed by atoms with Gasteiger partial charge >= 0.3 is 330 Å². The smallest absolute Gasteiger partial charge is 0.147 e. The van der Waals surface area contributed by atoms with Crippen molar-refractivity contribution in [2.75, 3.05) is 0 Å². The molecular formula is C50H50Cl2Hf2. The van der Waals surface area contributed by atoms with Crippen LogP contribution in [-0.2, 0) is 41.9 Å². The van der Waals surface area contributed by atoms with Gasteiger partial charge in [0.2, 0.25) is 0 Å². The number of hydrogen-bond donors (Lipinski definition) is 0. The summed E-state index contributed by atoms with van der Waals surface area (Å²) in [5, 5.41) is 0. The number of benzene rings is 4. The van der Waals surface area contributed by atoms with E-state index in [0.717, 1.165) is 25.7 Å². The predicted molar refractivity (Wildman–Crippen MR) is 233 cm³/mol. The molecule has 0 aromatic heterocycles. The van der Waals surface area contributed by atoms with E-state index in [9.17, 15) is 0 Å². The summed E-state index contributed by atoms with van der Waals surface area (Å²) < 4.78 is 10.3. The van der Waals surface area contributed by atoms with Gasteiger partial charge in [0, 0.05) is 0 Å². The summed E-state index contributed by atoms with van der Waals surface area (Å²) in [6.07, 6.45) is 23.4. The Labute approximate surface area is 351 Å². The Morgan fingerprint density at radius 1 is 0.333 bits per heavy atom. The molecule has 0 bridgehead atoms. The third-order valence-electron chi connectivity index (χ3n) is 10.6. The zero-order chi connectivity index (χ0) is 35.9. The fourth-order valence-electron chi connectivity index (χ4n) is 7.96. The van der Waals surface area contributed by atoms with Gasteiger partial charge in [0.1, 0.15) is 0 Å². The van der Waals surface area contributed by atoms with Crippen LogP contribution in [0.2, 0.25) is 0 Å². The molecule has 0 radical (unpaired) electrons. The van der Waals surface area contributed by atoms with Gasteiger partial charge in [-0.3, -0.25) is 0 Å². The van der Waals surface area contributed by atoms with Gasteiger partial charge in [-0.25, -0.2) is 0 Å².